The smallest absolute Gasteiger partial charge is 0.293 e. The van der Waals surface area contributed by atoms with Gasteiger partial charge in [0.25, 0.3) is 17.5 Å². The predicted molar refractivity (Wildman–Crippen MR) is 74.0 cm³/mol. The number of hydrogen-bond donors (Lipinski definition) is 1. The summed E-state index contributed by atoms with van der Waals surface area (Å²) in [4.78, 5) is 32.5. The third-order valence-corrected chi connectivity index (χ3v) is 2.94. The number of rotatable bonds is 5. The quantitative estimate of drug-likeness (QED) is 0.475. The number of nitrogens with zero attached hydrogens (tertiary/aromatic N) is 4. The Balaban J connectivity index is 1.72. The summed E-state index contributed by atoms with van der Waals surface area (Å²) in [5, 5.41) is 20.5. The van der Waals surface area contributed by atoms with E-state index in [0.29, 0.717) is 11.4 Å². The standard InChI is InChI=1S/C13H9N5O5/c19-12-5-11(13(20)14-12)23-7-8-6-17(16-15-8)9-2-1-3-10(4-9)18(21)22/h1-6H,7H2,(H,14,19,20). The van der Waals surface area contributed by atoms with E-state index in [9.17, 15) is 19.7 Å². The molecule has 0 radical (unpaired) electrons. The molecule has 0 atom stereocenters. The maximum atomic E-state index is 11.3. The topological polar surface area (TPSA) is 129 Å². The maximum Gasteiger partial charge on any atom is 0.293 e. The maximum absolute atomic E-state index is 11.3. The molecule has 0 spiro atoms. The van der Waals surface area contributed by atoms with Crippen LogP contribution in [0.25, 0.3) is 5.69 Å². The number of non-ortho nitro benzene ring substituents is 1. The summed E-state index contributed by atoms with van der Waals surface area (Å²) in [7, 11) is 0. The summed E-state index contributed by atoms with van der Waals surface area (Å²) in [6, 6.07) is 5.89. The first kappa shape index (κ1) is 14.4. The monoisotopic (exact) mass is 315 g/mol. The fourth-order valence-electron chi connectivity index (χ4n) is 1.89. The largest absolute Gasteiger partial charge is 0.481 e. The highest BCUT2D eigenvalue weighted by Crippen LogP contribution is 2.16. The van der Waals surface area contributed by atoms with Crippen LogP contribution in [0.2, 0.25) is 0 Å². The van der Waals surface area contributed by atoms with Crippen LogP contribution in [0.15, 0.2) is 42.3 Å². The van der Waals surface area contributed by atoms with Gasteiger partial charge in [-0.15, -0.1) is 5.10 Å². The molecule has 1 aliphatic heterocycles. The first-order chi connectivity index (χ1) is 11.0. The third kappa shape index (κ3) is 3.05. The number of benzene rings is 1. The van der Waals surface area contributed by atoms with Gasteiger partial charge in [-0.2, -0.15) is 0 Å². The molecular weight excluding hydrogens is 306 g/mol. The van der Waals surface area contributed by atoms with E-state index in [-0.39, 0.29) is 18.1 Å². The number of hydrogen-bond acceptors (Lipinski definition) is 7. The number of nitro groups is 1. The third-order valence-electron chi connectivity index (χ3n) is 2.94. The van der Waals surface area contributed by atoms with Crippen LogP contribution >= 0.6 is 0 Å². The number of carbonyl (C=O) groups is 2. The lowest BCUT2D eigenvalue weighted by molar-refractivity contribution is -0.384. The molecule has 10 heteroatoms. The Morgan fingerprint density at radius 2 is 2.17 bits per heavy atom. The molecule has 0 aliphatic carbocycles. The first-order valence-electron chi connectivity index (χ1n) is 6.39. The van der Waals surface area contributed by atoms with Crippen molar-refractivity contribution in [2.75, 3.05) is 0 Å². The normalized spacial score (nSPS) is 13.7. The van der Waals surface area contributed by atoms with Crippen LogP contribution in [0.3, 0.4) is 0 Å². The fraction of sp³-hybridized carbons (Fsp3) is 0.0769. The van der Waals surface area contributed by atoms with Crippen LogP contribution in [0.1, 0.15) is 5.69 Å². The zero-order chi connectivity index (χ0) is 16.4. The molecule has 3 rings (SSSR count). The Kier molecular flexibility index (Phi) is 3.55. The summed E-state index contributed by atoms with van der Waals surface area (Å²) in [5.74, 6) is -1.24. The molecule has 0 bridgehead atoms. The zero-order valence-electron chi connectivity index (χ0n) is 11.5. The molecule has 1 aromatic carbocycles. The van der Waals surface area contributed by atoms with E-state index in [1.165, 1.54) is 29.1 Å². The molecule has 0 fully saturated rings. The van der Waals surface area contributed by atoms with Crippen LogP contribution in [0.5, 0.6) is 0 Å². The van der Waals surface area contributed by atoms with Crippen molar-refractivity contribution in [1.82, 2.24) is 20.3 Å². The Morgan fingerprint density at radius 1 is 1.35 bits per heavy atom. The molecule has 0 saturated heterocycles. The van der Waals surface area contributed by atoms with Gasteiger partial charge in [0.15, 0.2) is 5.76 Å². The van der Waals surface area contributed by atoms with Crippen molar-refractivity contribution >= 4 is 17.5 Å². The van der Waals surface area contributed by atoms with E-state index >= 15 is 0 Å². The van der Waals surface area contributed by atoms with Gasteiger partial charge in [-0.1, -0.05) is 11.3 Å². The number of imide groups is 1. The number of amides is 2. The van der Waals surface area contributed by atoms with Gasteiger partial charge in [0.2, 0.25) is 0 Å². The highest BCUT2D eigenvalue weighted by atomic mass is 16.6. The predicted octanol–water partition coefficient (Wildman–Crippen LogP) is 0.232. The number of ether oxygens (including phenoxy) is 1. The molecule has 2 heterocycles. The highest BCUT2D eigenvalue weighted by Gasteiger charge is 2.22. The van der Waals surface area contributed by atoms with Gasteiger partial charge in [0.1, 0.15) is 12.3 Å². The van der Waals surface area contributed by atoms with E-state index in [1.807, 2.05) is 0 Å². The molecular formula is C13H9N5O5. The lowest BCUT2D eigenvalue weighted by Crippen LogP contribution is -2.22. The number of aromatic nitrogens is 3. The van der Waals surface area contributed by atoms with Crippen molar-refractivity contribution in [2.24, 2.45) is 0 Å². The van der Waals surface area contributed by atoms with E-state index in [0.717, 1.165) is 6.08 Å². The van der Waals surface area contributed by atoms with Gasteiger partial charge in [-0.05, 0) is 6.07 Å². The van der Waals surface area contributed by atoms with Gasteiger partial charge < -0.3 is 4.74 Å². The minimum atomic E-state index is -0.610. The second kappa shape index (κ2) is 5.67. The second-order valence-electron chi connectivity index (χ2n) is 4.55. The van der Waals surface area contributed by atoms with Crippen LogP contribution in [-0.2, 0) is 20.9 Å². The molecule has 2 aromatic rings. The molecule has 0 unspecified atom stereocenters. The molecule has 23 heavy (non-hydrogen) atoms. The summed E-state index contributed by atoms with van der Waals surface area (Å²) in [5.41, 5.74) is 0.789. The Labute approximate surface area is 128 Å². The SMILES string of the molecule is O=C1C=C(OCc2cn(-c3cccc([N+](=O)[O-])c3)nn2)C(=O)N1. The van der Waals surface area contributed by atoms with Gasteiger partial charge in [-0.3, -0.25) is 25.0 Å². The van der Waals surface area contributed by atoms with Crippen LogP contribution in [-0.4, -0.2) is 31.7 Å². The van der Waals surface area contributed by atoms with E-state index < -0.39 is 16.7 Å². The molecule has 1 N–H and O–H groups in total. The number of nitro benzene ring substituents is 1. The molecule has 10 nitrogen and oxygen atoms in total. The van der Waals surface area contributed by atoms with Gasteiger partial charge in [0.05, 0.1) is 22.9 Å². The zero-order valence-corrected chi connectivity index (χ0v) is 11.5. The van der Waals surface area contributed by atoms with Crippen molar-refractivity contribution in [1.29, 1.82) is 0 Å². The Bertz CT molecular complexity index is 841. The van der Waals surface area contributed by atoms with Crippen LogP contribution < -0.4 is 5.32 Å². The summed E-state index contributed by atoms with van der Waals surface area (Å²) >= 11 is 0. The second-order valence-corrected chi connectivity index (χ2v) is 4.55. The number of nitrogens with one attached hydrogen (secondary N) is 1. The van der Waals surface area contributed by atoms with E-state index in [4.69, 9.17) is 4.74 Å². The Hall–Kier alpha value is -3.56. The van der Waals surface area contributed by atoms with Crippen molar-refractivity contribution in [3.05, 3.63) is 58.1 Å². The summed E-state index contributed by atoms with van der Waals surface area (Å²) in [6.07, 6.45) is 2.56. The molecule has 2 amide bonds. The average molecular weight is 315 g/mol. The lowest BCUT2D eigenvalue weighted by Gasteiger charge is -2.01. The molecule has 0 saturated carbocycles. The van der Waals surface area contributed by atoms with Gasteiger partial charge in [-0.25, -0.2) is 4.68 Å². The van der Waals surface area contributed by atoms with E-state index in [1.54, 1.807) is 6.07 Å². The summed E-state index contributed by atoms with van der Waals surface area (Å²) < 4.78 is 6.53. The molecule has 116 valence electrons. The number of carbonyl (C=O) groups excluding carboxylic acids is 2. The first-order valence-corrected chi connectivity index (χ1v) is 6.39. The van der Waals surface area contributed by atoms with Gasteiger partial charge in [0, 0.05) is 12.1 Å². The average Bonchev–Trinajstić information content (AvgIpc) is 3.11. The van der Waals surface area contributed by atoms with Crippen molar-refractivity contribution in [3.8, 4) is 5.69 Å². The van der Waals surface area contributed by atoms with Crippen molar-refractivity contribution < 1.29 is 19.2 Å². The molecule has 1 aromatic heterocycles. The highest BCUT2D eigenvalue weighted by molar-refractivity contribution is 6.15. The van der Waals surface area contributed by atoms with Crippen molar-refractivity contribution in [3.63, 3.8) is 0 Å². The van der Waals surface area contributed by atoms with Crippen LogP contribution in [0.4, 0.5) is 5.69 Å². The lowest BCUT2D eigenvalue weighted by atomic mass is 10.3. The van der Waals surface area contributed by atoms with Crippen molar-refractivity contribution in [2.45, 2.75) is 6.61 Å². The van der Waals surface area contributed by atoms with Gasteiger partial charge >= 0.3 is 0 Å². The van der Waals surface area contributed by atoms with Crippen LogP contribution in [0, 0.1) is 10.1 Å². The fourth-order valence-corrected chi connectivity index (χ4v) is 1.89. The minimum Gasteiger partial charge on any atom is -0.481 e. The summed E-state index contributed by atoms with van der Waals surface area (Å²) in [6.45, 7) is -0.0680. The Morgan fingerprint density at radius 3 is 2.87 bits per heavy atom. The minimum absolute atomic E-state index is 0.0675. The van der Waals surface area contributed by atoms with E-state index in [2.05, 4.69) is 15.6 Å². The molecule has 1 aliphatic rings.